The molecule has 0 fully saturated rings. The highest BCUT2D eigenvalue weighted by Gasteiger charge is 2.36. The fourth-order valence-corrected chi connectivity index (χ4v) is 3.75. The number of fused-ring (bicyclic) bond motifs is 1. The lowest BCUT2D eigenvalue weighted by Gasteiger charge is -2.34. The smallest absolute Gasteiger partial charge is 0.286 e. The summed E-state index contributed by atoms with van der Waals surface area (Å²) < 4.78 is 16.1. The number of amides is 1. The van der Waals surface area contributed by atoms with Crippen LogP contribution in [0.15, 0.2) is 22.6 Å². The third kappa shape index (κ3) is 3.67. The van der Waals surface area contributed by atoms with Crippen LogP contribution in [0.4, 0.5) is 5.69 Å². The maximum absolute atomic E-state index is 13.0. The van der Waals surface area contributed by atoms with E-state index in [-0.39, 0.29) is 34.2 Å². The Morgan fingerprint density at radius 1 is 1.25 bits per heavy atom. The Labute approximate surface area is 163 Å². The van der Waals surface area contributed by atoms with E-state index in [1.54, 1.807) is 0 Å². The molecule has 0 aliphatic heterocycles. The highest BCUT2D eigenvalue weighted by Crippen LogP contribution is 2.42. The van der Waals surface area contributed by atoms with Gasteiger partial charge in [-0.25, -0.2) is 0 Å². The summed E-state index contributed by atoms with van der Waals surface area (Å²) in [7, 11) is 2.80. The molecule has 28 heavy (non-hydrogen) atoms. The number of nitrogens with one attached hydrogen (secondary N) is 1. The Kier molecular flexibility index (Phi) is 5.06. The van der Waals surface area contributed by atoms with Gasteiger partial charge in [0.15, 0.2) is 11.5 Å². The van der Waals surface area contributed by atoms with Crippen molar-refractivity contribution < 1.29 is 23.6 Å². The van der Waals surface area contributed by atoms with Crippen molar-refractivity contribution in [2.45, 2.75) is 39.7 Å². The minimum atomic E-state index is -0.602. The van der Waals surface area contributed by atoms with Crippen LogP contribution >= 0.6 is 0 Å². The monoisotopic (exact) mass is 388 g/mol. The molecule has 1 aromatic carbocycles. The first-order chi connectivity index (χ1) is 13.1. The predicted molar refractivity (Wildman–Crippen MR) is 102 cm³/mol. The van der Waals surface area contributed by atoms with Gasteiger partial charge in [0.05, 0.1) is 31.3 Å². The van der Waals surface area contributed by atoms with Gasteiger partial charge in [0.1, 0.15) is 17.1 Å². The van der Waals surface area contributed by atoms with Crippen LogP contribution in [0.1, 0.15) is 53.8 Å². The molecule has 0 radical (unpaired) electrons. The van der Waals surface area contributed by atoms with E-state index in [0.29, 0.717) is 6.42 Å². The minimum Gasteiger partial charge on any atom is -0.493 e. The summed E-state index contributed by atoms with van der Waals surface area (Å²) >= 11 is 0. The van der Waals surface area contributed by atoms with Crippen molar-refractivity contribution in [2.75, 3.05) is 14.2 Å². The molecule has 0 bridgehead atoms. The Balaban J connectivity index is 1.98. The lowest BCUT2D eigenvalue weighted by molar-refractivity contribution is -0.385. The molecule has 2 aromatic rings. The van der Waals surface area contributed by atoms with Gasteiger partial charge in [-0.3, -0.25) is 14.9 Å². The van der Waals surface area contributed by atoms with Gasteiger partial charge in [0.2, 0.25) is 0 Å². The third-order valence-electron chi connectivity index (χ3n) is 4.98. The number of furan rings is 1. The SMILES string of the molecule is COc1cc(C(=O)NC2CC(C)(C)Cc3oc(C)cc32)c([N+](=O)[O-])cc1OC. The first-order valence-corrected chi connectivity index (χ1v) is 8.95. The van der Waals surface area contributed by atoms with Crippen molar-refractivity contribution in [2.24, 2.45) is 5.41 Å². The van der Waals surface area contributed by atoms with Gasteiger partial charge in [-0.05, 0) is 24.8 Å². The largest absolute Gasteiger partial charge is 0.493 e. The van der Waals surface area contributed by atoms with Gasteiger partial charge in [0, 0.05) is 18.1 Å². The first kappa shape index (κ1) is 19.7. The maximum Gasteiger partial charge on any atom is 0.286 e. The predicted octanol–water partition coefficient (Wildman–Crippen LogP) is 3.96. The average molecular weight is 388 g/mol. The number of ether oxygens (including phenoxy) is 2. The van der Waals surface area contributed by atoms with E-state index in [0.717, 1.165) is 23.5 Å². The number of nitro groups is 1. The van der Waals surface area contributed by atoms with Gasteiger partial charge in [0.25, 0.3) is 11.6 Å². The number of carbonyl (C=O) groups excluding carboxylic acids is 1. The highest BCUT2D eigenvalue weighted by molar-refractivity contribution is 5.99. The minimum absolute atomic E-state index is 0.0707. The maximum atomic E-state index is 13.0. The van der Waals surface area contributed by atoms with Crippen LogP contribution in [-0.4, -0.2) is 25.1 Å². The van der Waals surface area contributed by atoms with Crippen LogP contribution in [0.5, 0.6) is 11.5 Å². The molecule has 0 spiro atoms. The summed E-state index contributed by atoms with van der Waals surface area (Å²) in [5, 5.41) is 14.4. The summed E-state index contributed by atoms with van der Waals surface area (Å²) in [6.45, 7) is 6.07. The number of benzene rings is 1. The summed E-state index contributed by atoms with van der Waals surface area (Å²) in [6, 6.07) is 4.16. The van der Waals surface area contributed by atoms with Crippen LogP contribution < -0.4 is 14.8 Å². The molecule has 0 saturated carbocycles. The molecular formula is C20H24N2O6. The molecule has 0 saturated heterocycles. The van der Waals surface area contributed by atoms with Crippen molar-refractivity contribution in [3.05, 3.63) is 51.0 Å². The Morgan fingerprint density at radius 3 is 2.50 bits per heavy atom. The quantitative estimate of drug-likeness (QED) is 0.614. The second-order valence-electron chi connectivity index (χ2n) is 7.79. The van der Waals surface area contributed by atoms with E-state index in [2.05, 4.69) is 19.2 Å². The van der Waals surface area contributed by atoms with Crippen molar-refractivity contribution in [1.29, 1.82) is 0 Å². The van der Waals surface area contributed by atoms with Gasteiger partial charge >= 0.3 is 0 Å². The molecule has 1 heterocycles. The van der Waals surface area contributed by atoms with E-state index >= 15 is 0 Å². The number of nitrogens with zero attached hydrogens (tertiary/aromatic N) is 1. The summed E-state index contributed by atoms with van der Waals surface area (Å²) in [5.74, 6) is 1.53. The molecule has 8 heteroatoms. The number of nitro benzene ring substituents is 1. The topological polar surface area (TPSA) is 104 Å². The number of methoxy groups -OCH3 is 2. The van der Waals surface area contributed by atoms with E-state index < -0.39 is 10.8 Å². The van der Waals surface area contributed by atoms with Gasteiger partial charge < -0.3 is 19.2 Å². The fourth-order valence-electron chi connectivity index (χ4n) is 3.75. The average Bonchev–Trinajstić information content (AvgIpc) is 2.99. The zero-order valence-corrected chi connectivity index (χ0v) is 16.6. The van der Waals surface area contributed by atoms with Crippen LogP contribution in [-0.2, 0) is 6.42 Å². The van der Waals surface area contributed by atoms with E-state index in [1.165, 1.54) is 26.4 Å². The molecule has 3 rings (SSSR count). The molecule has 1 aliphatic carbocycles. The summed E-state index contributed by atoms with van der Waals surface area (Å²) in [4.78, 5) is 23.9. The van der Waals surface area contributed by atoms with Crippen molar-refractivity contribution in [3.63, 3.8) is 0 Å². The second-order valence-corrected chi connectivity index (χ2v) is 7.79. The lowest BCUT2D eigenvalue weighted by Crippen LogP contribution is -2.36. The van der Waals surface area contributed by atoms with E-state index in [1.807, 2.05) is 13.0 Å². The number of carbonyl (C=O) groups is 1. The van der Waals surface area contributed by atoms with Gasteiger partial charge in [-0.2, -0.15) is 0 Å². The van der Waals surface area contributed by atoms with Crippen molar-refractivity contribution in [3.8, 4) is 11.5 Å². The lowest BCUT2D eigenvalue weighted by atomic mass is 9.74. The first-order valence-electron chi connectivity index (χ1n) is 8.95. The summed E-state index contributed by atoms with van der Waals surface area (Å²) in [5.41, 5.74) is 0.439. The molecule has 1 atom stereocenters. The van der Waals surface area contributed by atoms with E-state index in [4.69, 9.17) is 13.9 Å². The molecule has 1 aliphatic rings. The van der Waals surface area contributed by atoms with Gasteiger partial charge in [-0.1, -0.05) is 13.8 Å². The summed E-state index contributed by atoms with van der Waals surface area (Å²) in [6.07, 6.45) is 1.48. The third-order valence-corrected chi connectivity index (χ3v) is 4.98. The number of rotatable bonds is 5. The van der Waals surface area contributed by atoms with Crippen LogP contribution in [0.2, 0.25) is 0 Å². The highest BCUT2D eigenvalue weighted by atomic mass is 16.6. The van der Waals surface area contributed by atoms with Crippen LogP contribution in [0, 0.1) is 22.5 Å². The Bertz CT molecular complexity index is 931. The zero-order chi connectivity index (χ0) is 20.6. The Hall–Kier alpha value is -3.03. The normalized spacial score (nSPS) is 17.5. The molecule has 1 amide bonds. The van der Waals surface area contributed by atoms with Crippen LogP contribution in [0.25, 0.3) is 0 Å². The molecule has 1 unspecified atom stereocenters. The number of hydrogen-bond donors (Lipinski definition) is 1. The van der Waals surface area contributed by atoms with E-state index in [9.17, 15) is 14.9 Å². The van der Waals surface area contributed by atoms with Gasteiger partial charge in [-0.15, -0.1) is 0 Å². The van der Waals surface area contributed by atoms with Crippen LogP contribution in [0.3, 0.4) is 0 Å². The number of aryl methyl sites for hydroxylation is 1. The van der Waals surface area contributed by atoms with Crippen molar-refractivity contribution in [1.82, 2.24) is 5.32 Å². The molecule has 150 valence electrons. The Morgan fingerprint density at radius 2 is 1.89 bits per heavy atom. The fraction of sp³-hybridized carbons (Fsp3) is 0.450. The second kappa shape index (κ2) is 7.18. The molecular weight excluding hydrogens is 364 g/mol. The number of hydrogen-bond acceptors (Lipinski definition) is 6. The molecule has 1 N–H and O–H groups in total. The van der Waals surface area contributed by atoms with Crippen molar-refractivity contribution >= 4 is 11.6 Å². The standard InChI is InChI=1S/C20H24N2O6/c1-11-6-12-14(9-20(2,3)10-18(12)28-11)21-19(23)13-7-16(26-4)17(27-5)8-15(13)22(24)25/h6-8,14H,9-10H2,1-5H3,(H,21,23). The molecule has 1 aromatic heterocycles. The zero-order valence-electron chi connectivity index (χ0n) is 16.6. The molecule has 8 nitrogen and oxygen atoms in total.